The molecular weight excluding hydrogens is 290 g/mol. The van der Waals surface area contributed by atoms with E-state index in [9.17, 15) is 4.79 Å². The number of carbonyl (C=O) groups is 1. The lowest BCUT2D eigenvalue weighted by molar-refractivity contribution is 0.100. The van der Waals surface area contributed by atoms with Crippen LogP contribution in [0, 0.1) is 0 Å². The standard InChI is InChI=1S/C15H12ClN3O2/c1-21-10-6-11(16)13-12(7-10)18-15(19-13)9-4-2-8(3-5-9)14(17)20/h2-7H,1H3,(H2,17,20)(H,18,19). The molecule has 3 rings (SSSR count). The quantitative estimate of drug-likeness (QED) is 0.780. The van der Waals surface area contributed by atoms with Crippen LogP contribution in [0.5, 0.6) is 5.75 Å². The van der Waals surface area contributed by atoms with Gasteiger partial charge in [0.05, 0.1) is 17.6 Å². The highest BCUT2D eigenvalue weighted by atomic mass is 35.5. The van der Waals surface area contributed by atoms with E-state index in [1.165, 1.54) is 0 Å². The Morgan fingerprint density at radius 3 is 2.62 bits per heavy atom. The molecule has 5 nitrogen and oxygen atoms in total. The van der Waals surface area contributed by atoms with Gasteiger partial charge in [0.15, 0.2) is 0 Å². The molecule has 0 aliphatic heterocycles. The number of primary amides is 1. The first-order valence-electron chi connectivity index (χ1n) is 6.22. The fourth-order valence-corrected chi connectivity index (χ4v) is 2.35. The van der Waals surface area contributed by atoms with E-state index >= 15 is 0 Å². The second kappa shape index (κ2) is 5.10. The van der Waals surface area contributed by atoms with Gasteiger partial charge in [0, 0.05) is 23.3 Å². The molecule has 0 spiro atoms. The maximum atomic E-state index is 11.1. The molecule has 0 saturated carbocycles. The van der Waals surface area contributed by atoms with Crippen molar-refractivity contribution in [1.29, 1.82) is 0 Å². The third-order valence-electron chi connectivity index (χ3n) is 3.19. The fraction of sp³-hybridized carbons (Fsp3) is 0.0667. The molecule has 2 aromatic carbocycles. The van der Waals surface area contributed by atoms with Crippen LogP contribution >= 0.6 is 11.6 Å². The largest absolute Gasteiger partial charge is 0.497 e. The molecule has 1 amide bonds. The summed E-state index contributed by atoms with van der Waals surface area (Å²) in [7, 11) is 1.58. The van der Waals surface area contributed by atoms with Crippen molar-refractivity contribution < 1.29 is 9.53 Å². The number of nitrogens with two attached hydrogens (primary N) is 1. The molecule has 3 N–H and O–H groups in total. The summed E-state index contributed by atoms with van der Waals surface area (Å²) in [6.07, 6.45) is 0. The molecule has 0 aliphatic rings. The summed E-state index contributed by atoms with van der Waals surface area (Å²) in [5, 5.41) is 0.514. The van der Waals surface area contributed by atoms with Crippen LogP contribution in [0.15, 0.2) is 36.4 Å². The summed E-state index contributed by atoms with van der Waals surface area (Å²) in [5.41, 5.74) is 7.97. The Bertz CT molecular complexity index is 825. The number of carbonyl (C=O) groups excluding carboxylic acids is 1. The molecule has 21 heavy (non-hydrogen) atoms. The van der Waals surface area contributed by atoms with Gasteiger partial charge in [-0.25, -0.2) is 4.98 Å². The van der Waals surface area contributed by atoms with E-state index in [0.29, 0.717) is 27.7 Å². The molecule has 106 valence electrons. The zero-order valence-corrected chi connectivity index (χ0v) is 11.9. The summed E-state index contributed by atoms with van der Waals surface area (Å²) in [5.74, 6) is 0.863. The number of halogens is 1. The molecule has 0 saturated heterocycles. The van der Waals surface area contributed by atoms with Gasteiger partial charge in [0.1, 0.15) is 17.1 Å². The monoisotopic (exact) mass is 301 g/mol. The second-order valence-corrected chi connectivity index (χ2v) is 4.94. The molecule has 0 radical (unpaired) electrons. The van der Waals surface area contributed by atoms with Crippen LogP contribution < -0.4 is 10.5 Å². The highest BCUT2D eigenvalue weighted by Crippen LogP contribution is 2.30. The van der Waals surface area contributed by atoms with Gasteiger partial charge in [0.2, 0.25) is 5.91 Å². The van der Waals surface area contributed by atoms with Crippen molar-refractivity contribution in [2.24, 2.45) is 5.73 Å². The number of ether oxygens (including phenoxy) is 1. The normalized spacial score (nSPS) is 10.8. The number of fused-ring (bicyclic) bond motifs is 1. The Morgan fingerprint density at radius 1 is 1.29 bits per heavy atom. The van der Waals surface area contributed by atoms with Crippen molar-refractivity contribution in [3.8, 4) is 17.1 Å². The zero-order chi connectivity index (χ0) is 15.0. The average molecular weight is 302 g/mol. The van der Waals surface area contributed by atoms with Crippen molar-refractivity contribution in [3.63, 3.8) is 0 Å². The van der Waals surface area contributed by atoms with E-state index in [0.717, 1.165) is 11.1 Å². The summed E-state index contributed by atoms with van der Waals surface area (Å²) in [4.78, 5) is 18.7. The van der Waals surface area contributed by atoms with Crippen molar-refractivity contribution in [3.05, 3.63) is 47.0 Å². The number of rotatable bonds is 3. The van der Waals surface area contributed by atoms with Gasteiger partial charge in [0.25, 0.3) is 0 Å². The Labute approximate surface area is 125 Å². The average Bonchev–Trinajstić information content (AvgIpc) is 2.91. The zero-order valence-electron chi connectivity index (χ0n) is 11.2. The second-order valence-electron chi connectivity index (χ2n) is 4.53. The molecule has 6 heteroatoms. The van der Waals surface area contributed by atoms with Crippen molar-refractivity contribution in [2.45, 2.75) is 0 Å². The van der Waals surface area contributed by atoms with Gasteiger partial charge in [-0.2, -0.15) is 0 Å². The predicted octanol–water partition coefficient (Wildman–Crippen LogP) is 2.99. The number of H-pyrrole nitrogens is 1. The number of hydrogen-bond acceptors (Lipinski definition) is 3. The first-order chi connectivity index (χ1) is 10.1. The van der Waals surface area contributed by atoms with Crippen molar-refractivity contribution >= 4 is 28.5 Å². The molecule has 1 aromatic heterocycles. The number of methoxy groups -OCH3 is 1. The van der Waals surface area contributed by atoms with Crippen LogP contribution in [0.2, 0.25) is 5.02 Å². The third kappa shape index (κ3) is 2.43. The lowest BCUT2D eigenvalue weighted by Crippen LogP contribution is -2.10. The topological polar surface area (TPSA) is 81.0 Å². The minimum absolute atomic E-state index is 0.453. The highest BCUT2D eigenvalue weighted by Gasteiger charge is 2.10. The number of amides is 1. The van der Waals surface area contributed by atoms with E-state index in [1.54, 1.807) is 37.4 Å². The Kier molecular flexibility index (Phi) is 3.27. The molecular formula is C15H12ClN3O2. The van der Waals surface area contributed by atoms with Crippen molar-refractivity contribution in [1.82, 2.24) is 9.97 Å². The number of aromatic amines is 1. The molecule has 0 unspecified atom stereocenters. The van der Waals surface area contributed by atoms with Crippen LogP contribution in [-0.2, 0) is 0 Å². The molecule has 1 heterocycles. The van der Waals surface area contributed by atoms with E-state index < -0.39 is 5.91 Å². The molecule has 0 bridgehead atoms. The van der Waals surface area contributed by atoms with Gasteiger partial charge in [-0.3, -0.25) is 4.79 Å². The first-order valence-corrected chi connectivity index (χ1v) is 6.60. The highest BCUT2D eigenvalue weighted by molar-refractivity contribution is 6.35. The number of benzene rings is 2. The summed E-state index contributed by atoms with van der Waals surface area (Å²) < 4.78 is 5.18. The van der Waals surface area contributed by atoms with Gasteiger partial charge in [-0.15, -0.1) is 0 Å². The molecule has 0 aliphatic carbocycles. The summed E-state index contributed by atoms with van der Waals surface area (Å²) in [6, 6.07) is 10.4. The van der Waals surface area contributed by atoms with E-state index in [2.05, 4.69) is 9.97 Å². The Hall–Kier alpha value is -2.53. The fourth-order valence-electron chi connectivity index (χ4n) is 2.10. The maximum absolute atomic E-state index is 11.1. The van der Waals surface area contributed by atoms with E-state index in [1.807, 2.05) is 6.07 Å². The minimum Gasteiger partial charge on any atom is -0.497 e. The van der Waals surface area contributed by atoms with Crippen LogP contribution in [0.4, 0.5) is 0 Å². The Balaban J connectivity index is 2.08. The lowest BCUT2D eigenvalue weighted by atomic mass is 10.1. The van der Waals surface area contributed by atoms with Crippen molar-refractivity contribution in [2.75, 3.05) is 7.11 Å². The minimum atomic E-state index is -0.459. The number of nitrogens with one attached hydrogen (secondary N) is 1. The SMILES string of the molecule is COc1cc(Cl)c2nc(-c3ccc(C(N)=O)cc3)[nH]c2c1. The predicted molar refractivity (Wildman–Crippen MR) is 81.6 cm³/mol. The number of imidazole rings is 1. The van der Waals surface area contributed by atoms with Crippen LogP contribution in [0.25, 0.3) is 22.4 Å². The Morgan fingerprint density at radius 2 is 2.00 bits per heavy atom. The first kappa shape index (κ1) is 13.5. The number of hydrogen-bond donors (Lipinski definition) is 2. The summed E-state index contributed by atoms with van der Waals surface area (Å²) >= 11 is 6.18. The van der Waals surface area contributed by atoms with Gasteiger partial charge in [-0.1, -0.05) is 23.7 Å². The molecule has 3 aromatic rings. The van der Waals surface area contributed by atoms with E-state index in [-0.39, 0.29) is 0 Å². The number of aromatic nitrogens is 2. The smallest absolute Gasteiger partial charge is 0.248 e. The lowest BCUT2D eigenvalue weighted by Gasteiger charge is -1.99. The van der Waals surface area contributed by atoms with Crippen LogP contribution in [-0.4, -0.2) is 23.0 Å². The van der Waals surface area contributed by atoms with E-state index in [4.69, 9.17) is 22.1 Å². The maximum Gasteiger partial charge on any atom is 0.248 e. The molecule has 0 fully saturated rings. The number of nitrogens with zero attached hydrogens (tertiary/aromatic N) is 1. The van der Waals surface area contributed by atoms with Crippen LogP contribution in [0.1, 0.15) is 10.4 Å². The van der Waals surface area contributed by atoms with Gasteiger partial charge in [-0.05, 0) is 12.1 Å². The molecule has 0 atom stereocenters. The van der Waals surface area contributed by atoms with Gasteiger partial charge < -0.3 is 15.5 Å². The summed E-state index contributed by atoms with van der Waals surface area (Å²) in [6.45, 7) is 0. The third-order valence-corrected chi connectivity index (χ3v) is 3.48. The van der Waals surface area contributed by atoms with Gasteiger partial charge >= 0.3 is 0 Å². The van der Waals surface area contributed by atoms with Crippen LogP contribution in [0.3, 0.4) is 0 Å².